The normalized spacial score (nSPS) is 10.3. The summed E-state index contributed by atoms with van der Waals surface area (Å²) in [6.45, 7) is 1.92. The van der Waals surface area contributed by atoms with Crippen LogP contribution in [0, 0.1) is 18.3 Å². The second-order valence-electron chi connectivity index (χ2n) is 4.14. The summed E-state index contributed by atoms with van der Waals surface area (Å²) < 4.78 is 6.89. The molecule has 0 bridgehead atoms. The van der Waals surface area contributed by atoms with Crippen LogP contribution in [0.25, 0.3) is 10.2 Å². The summed E-state index contributed by atoms with van der Waals surface area (Å²) in [4.78, 5) is 4.42. The van der Waals surface area contributed by atoms with Crippen LogP contribution in [0.2, 0.25) is 0 Å². The molecule has 0 aliphatic heterocycles. The van der Waals surface area contributed by atoms with Crippen molar-refractivity contribution in [2.75, 3.05) is 0 Å². The SMILES string of the molecule is Cc1cc(C#N)ccc1Oc1nc2ccccc2s1. The molecule has 4 heteroatoms. The second-order valence-corrected chi connectivity index (χ2v) is 5.13. The number of aryl methyl sites for hydroxylation is 1. The van der Waals surface area contributed by atoms with Crippen LogP contribution in [-0.4, -0.2) is 4.98 Å². The van der Waals surface area contributed by atoms with Crippen molar-refractivity contribution in [1.29, 1.82) is 5.26 Å². The molecule has 1 aromatic heterocycles. The summed E-state index contributed by atoms with van der Waals surface area (Å²) >= 11 is 1.51. The highest BCUT2D eigenvalue weighted by atomic mass is 32.1. The van der Waals surface area contributed by atoms with Gasteiger partial charge < -0.3 is 4.74 Å². The van der Waals surface area contributed by atoms with Gasteiger partial charge in [0.15, 0.2) is 0 Å². The van der Waals surface area contributed by atoms with E-state index in [-0.39, 0.29) is 0 Å². The fourth-order valence-corrected chi connectivity index (χ4v) is 2.65. The van der Waals surface area contributed by atoms with Gasteiger partial charge >= 0.3 is 0 Å². The van der Waals surface area contributed by atoms with Gasteiger partial charge in [0.1, 0.15) is 5.75 Å². The van der Waals surface area contributed by atoms with Crippen molar-refractivity contribution < 1.29 is 4.74 Å². The first kappa shape index (κ1) is 11.7. The van der Waals surface area contributed by atoms with Gasteiger partial charge in [0.25, 0.3) is 5.19 Å². The quantitative estimate of drug-likeness (QED) is 0.696. The van der Waals surface area contributed by atoms with Crippen molar-refractivity contribution in [2.24, 2.45) is 0 Å². The van der Waals surface area contributed by atoms with Gasteiger partial charge in [-0.15, -0.1) is 0 Å². The van der Waals surface area contributed by atoms with Gasteiger partial charge in [-0.3, -0.25) is 0 Å². The minimum absolute atomic E-state index is 0.619. The maximum absolute atomic E-state index is 8.84. The highest BCUT2D eigenvalue weighted by molar-refractivity contribution is 7.20. The van der Waals surface area contributed by atoms with E-state index in [1.54, 1.807) is 12.1 Å². The van der Waals surface area contributed by atoms with E-state index in [2.05, 4.69) is 11.1 Å². The lowest BCUT2D eigenvalue weighted by Crippen LogP contribution is -1.87. The number of nitrogens with zero attached hydrogens (tertiary/aromatic N) is 2. The Morgan fingerprint density at radius 3 is 2.79 bits per heavy atom. The van der Waals surface area contributed by atoms with Gasteiger partial charge in [0.2, 0.25) is 0 Å². The van der Waals surface area contributed by atoms with Crippen molar-refractivity contribution >= 4 is 21.6 Å². The first-order valence-corrected chi connectivity index (χ1v) is 6.62. The molecule has 0 N–H and O–H groups in total. The van der Waals surface area contributed by atoms with Crippen molar-refractivity contribution in [3.8, 4) is 17.0 Å². The summed E-state index contributed by atoms with van der Waals surface area (Å²) in [5.41, 5.74) is 2.50. The predicted molar refractivity (Wildman–Crippen MR) is 75.6 cm³/mol. The number of fused-ring (bicyclic) bond motifs is 1. The van der Waals surface area contributed by atoms with Gasteiger partial charge in [0, 0.05) is 0 Å². The summed E-state index contributed by atoms with van der Waals surface area (Å²) in [5.74, 6) is 0.734. The van der Waals surface area contributed by atoms with Crippen molar-refractivity contribution in [3.05, 3.63) is 53.6 Å². The molecule has 0 radical (unpaired) electrons. The maximum Gasteiger partial charge on any atom is 0.279 e. The largest absolute Gasteiger partial charge is 0.431 e. The first-order valence-electron chi connectivity index (χ1n) is 5.80. The number of ether oxygens (including phenoxy) is 1. The van der Waals surface area contributed by atoms with E-state index in [0.717, 1.165) is 21.5 Å². The molecule has 0 aliphatic carbocycles. The highest BCUT2D eigenvalue weighted by Gasteiger charge is 2.07. The highest BCUT2D eigenvalue weighted by Crippen LogP contribution is 2.32. The van der Waals surface area contributed by atoms with E-state index in [0.29, 0.717) is 10.8 Å². The summed E-state index contributed by atoms with van der Waals surface area (Å²) in [5, 5.41) is 9.46. The molecule has 0 fully saturated rings. The third-order valence-electron chi connectivity index (χ3n) is 2.78. The lowest BCUT2D eigenvalue weighted by molar-refractivity contribution is 0.476. The molecule has 3 rings (SSSR count). The van der Waals surface area contributed by atoms with Gasteiger partial charge in [0.05, 0.1) is 21.8 Å². The fourth-order valence-electron chi connectivity index (χ4n) is 1.82. The van der Waals surface area contributed by atoms with E-state index >= 15 is 0 Å². The molecule has 92 valence electrons. The monoisotopic (exact) mass is 266 g/mol. The van der Waals surface area contributed by atoms with Crippen molar-refractivity contribution in [3.63, 3.8) is 0 Å². The lowest BCUT2D eigenvalue weighted by atomic mass is 10.1. The Hall–Kier alpha value is -2.38. The molecule has 0 unspecified atom stereocenters. The van der Waals surface area contributed by atoms with E-state index in [9.17, 15) is 0 Å². The van der Waals surface area contributed by atoms with Gasteiger partial charge in [-0.2, -0.15) is 5.26 Å². The molecule has 3 nitrogen and oxygen atoms in total. The Morgan fingerprint density at radius 1 is 1.21 bits per heavy atom. The van der Waals surface area contributed by atoms with Crippen LogP contribution in [0.5, 0.6) is 10.9 Å². The van der Waals surface area contributed by atoms with Crippen molar-refractivity contribution in [2.45, 2.75) is 6.92 Å². The van der Waals surface area contributed by atoms with Gasteiger partial charge in [-0.25, -0.2) is 4.98 Å². The number of nitriles is 1. The van der Waals surface area contributed by atoms with E-state index in [1.165, 1.54) is 11.3 Å². The van der Waals surface area contributed by atoms with Gasteiger partial charge in [-0.1, -0.05) is 23.5 Å². The first-order chi connectivity index (χ1) is 9.26. The Kier molecular flexibility index (Phi) is 2.90. The van der Waals surface area contributed by atoms with Crippen LogP contribution in [0.3, 0.4) is 0 Å². The smallest absolute Gasteiger partial charge is 0.279 e. The van der Waals surface area contributed by atoms with Crippen LogP contribution in [-0.2, 0) is 0 Å². The Balaban J connectivity index is 1.94. The van der Waals surface area contributed by atoms with Crippen LogP contribution in [0.15, 0.2) is 42.5 Å². The molecule has 19 heavy (non-hydrogen) atoms. The Morgan fingerprint density at radius 2 is 2.05 bits per heavy atom. The van der Waals surface area contributed by atoms with Crippen LogP contribution in [0.1, 0.15) is 11.1 Å². The zero-order chi connectivity index (χ0) is 13.2. The number of aromatic nitrogens is 1. The molecule has 0 atom stereocenters. The third kappa shape index (κ3) is 2.28. The summed E-state index contributed by atoms with van der Waals surface area (Å²) in [6.07, 6.45) is 0. The summed E-state index contributed by atoms with van der Waals surface area (Å²) in [7, 11) is 0. The molecule has 0 aliphatic rings. The number of hydrogen-bond acceptors (Lipinski definition) is 4. The molecule has 3 aromatic rings. The van der Waals surface area contributed by atoms with Gasteiger partial charge in [-0.05, 0) is 42.8 Å². The standard InChI is InChI=1S/C15H10N2OS/c1-10-8-11(9-16)6-7-13(10)18-15-17-12-4-2-3-5-14(12)19-15/h2-8H,1H3. The topological polar surface area (TPSA) is 45.9 Å². The van der Waals surface area contributed by atoms with Crippen LogP contribution >= 0.6 is 11.3 Å². The lowest BCUT2D eigenvalue weighted by Gasteiger charge is -2.05. The average Bonchev–Trinajstić information content (AvgIpc) is 2.83. The number of benzene rings is 2. The molecule has 0 saturated heterocycles. The molecular formula is C15H10N2OS. The zero-order valence-electron chi connectivity index (χ0n) is 10.3. The average molecular weight is 266 g/mol. The van der Waals surface area contributed by atoms with E-state index < -0.39 is 0 Å². The van der Waals surface area contributed by atoms with E-state index in [4.69, 9.17) is 10.00 Å². The number of hydrogen-bond donors (Lipinski definition) is 0. The summed E-state index contributed by atoms with van der Waals surface area (Å²) in [6, 6.07) is 15.4. The van der Waals surface area contributed by atoms with Crippen LogP contribution in [0.4, 0.5) is 0 Å². The molecule has 1 heterocycles. The molecule has 0 saturated carbocycles. The maximum atomic E-state index is 8.84. The minimum Gasteiger partial charge on any atom is -0.431 e. The molecule has 2 aromatic carbocycles. The predicted octanol–water partition coefficient (Wildman–Crippen LogP) is 4.27. The number of para-hydroxylation sites is 1. The molecule has 0 spiro atoms. The van der Waals surface area contributed by atoms with Crippen LogP contribution < -0.4 is 4.74 Å². The number of rotatable bonds is 2. The minimum atomic E-state index is 0.619. The number of thiazole rings is 1. The third-order valence-corrected chi connectivity index (χ3v) is 3.69. The van der Waals surface area contributed by atoms with E-state index in [1.807, 2.05) is 37.3 Å². The molecule has 0 amide bonds. The van der Waals surface area contributed by atoms with Crippen molar-refractivity contribution in [1.82, 2.24) is 4.98 Å². The zero-order valence-corrected chi connectivity index (χ0v) is 11.1. The fraction of sp³-hybridized carbons (Fsp3) is 0.0667. The molecular weight excluding hydrogens is 256 g/mol. The Bertz CT molecular complexity index is 753. The second kappa shape index (κ2) is 4.71. The Labute approximate surface area is 114 Å².